The Morgan fingerprint density at radius 2 is 1.84 bits per heavy atom. The van der Waals surface area contributed by atoms with E-state index in [0.717, 1.165) is 0 Å². The van der Waals surface area contributed by atoms with Crippen molar-refractivity contribution in [3.8, 4) is 11.8 Å². The lowest BCUT2D eigenvalue weighted by atomic mass is 10.1. The van der Waals surface area contributed by atoms with Crippen LogP contribution in [0, 0.1) is 11.8 Å². The molecule has 0 aliphatic carbocycles. The van der Waals surface area contributed by atoms with E-state index in [-0.39, 0.29) is 24.5 Å². The van der Waals surface area contributed by atoms with Crippen molar-refractivity contribution >= 4 is 11.9 Å². The molecule has 5 heteroatoms. The van der Waals surface area contributed by atoms with Crippen LogP contribution in [0.4, 0.5) is 0 Å². The standard InChI is InChI=1S/C14H15NO4/c1-4-7-10-8-11(13(16)18-5-2)12(15-9-10)14(17)19-6-3/h8-9H,5-6H2,1-3H3. The quantitative estimate of drug-likeness (QED) is 0.611. The average molecular weight is 261 g/mol. The number of esters is 2. The SMILES string of the molecule is CC#Cc1cnc(C(=O)OCC)c(C(=O)OCC)c1. The van der Waals surface area contributed by atoms with Gasteiger partial charge in [0.25, 0.3) is 0 Å². The second-order valence-electron chi connectivity index (χ2n) is 3.44. The Kier molecular flexibility index (Phi) is 5.55. The largest absolute Gasteiger partial charge is 0.462 e. The molecule has 19 heavy (non-hydrogen) atoms. The Morgan fingerprint density at radius 1 is 1.21 bits per heavy atom. The van der Waals surface area contributed by atoms with Crippen molar-refractivity contribution in [2.24, 2.45) is 0 Å². The molecule has 0 spiro atoms. The van der Waals surface area contributed by atoms with Gasteiger partial charge >= 0.3 is 11.9 Å². The first-order valence-electron chi connectivity index (χ1n) is 5.91. The van der Waals surface area contributed by atoms with Crippen LogP contribution in [-0.2, 0) is 9.47 Å². The van der Waals surface area contributed by atoms with Gasteiger partial charge in [-0.2, -0.15) is 0 Å². The molecule has 0 N–H and O–H groups in total. The Hall–Kier alpha value is -2.35. The number of carbonyl (C=O) groups excluding carboxylic acids is 2. The molecule has 0 saturated carbocycles. The number of pyridine rings is 1. The molecule has 0 fully saturated rings. The second kappa shape index (κ2) is 7.17. The molecule has 0 aliphatic heterocycles. The van der Waals surface area contributed by atoms with E-state index in [4.69, 9.17) is 9.47 Å². The van der Waals surface area contributed by atoms with Gasteiger partial charge in [0, 0.05) is 11.8 Å². The van der Waals surface area contributed by atoms with Gasteiger partial charge in [0.15, 0.2) is 5.69 Å². The summed E-state index contributed by atoms with van der Waals surface area (Å²) in [5.74, 6) is 4.20. The van der Waals surface area contributed by atoms with Gasteiger partial charge in [-0.3, -0.25) is 0 Å². The minimum absolute atomic E-state index is 0.0537. The highest BCUT2D eigenvalue weighted by Crippen LogP contribution is 2.12. The van der Waals surface area contributed by atoms with E-state index in [9.17, 15) is 9.59 Å². The van der Waals surface area contributed by atoms with Crippen molar-refractivity contribution in [1.29, 1.82) is 0 Å². The fraction of sp³-hybridized carbons (Fsp3) is 0.357. The van der Waals surface area contributed by atoms with E-state index in [1.165, 1.54) is 12.3 Å². The van der Waals surface area contributed by atoms with Crippen molar-refractivity contribution in [3.63, 3.8) is 0 Å². The first kappa shape index (κ1) is 14.7. The van der Waals surface area contributed by atoms with Gasteiger partial charge in [-0.15, -0.1) is 5.92 Å². The molecule has 1 rings (SSSR count). The van der Waals surface area contributed by atoms with Crippen LogP contribution in [0.1, 0.15) is 47.2 Å². The zero-order valence-electron chi connectivity index (χ0n) is 11.1. The van der Waals surface area contributed by atoms with E-state index >= 15 is 0 Å². The van der Waals surface area contributed by atoms with Crippen LogP contribution in [0.15, 0.2) is 12.3 Å². The number of carbonyl (C=O) groups is 2. The van der Waals surface area contributed by atoms with Crippen LogP contribution in [0.2, 0.25) is 0 Å². The summed E-state index contributed by atoms with van der Waals surface area (Å²) in [4.78, 5) is 27.5. The molecule has 100 valence electrons. The van der Waals surface area contributed by atoms with Crippen molar-refractivity contribution in [2.45, 2.75) is 20.8 Å². The normalized spacial score (nSPS) is 9.21. The molecule has 0 bridgehead atoms. The lowest BCUT2D eigenvalue weighted by molar-refractivity contribution is 0.0473. The molecule has 0 aromatic carbocycles. The van der Waals surface area contributed by atoms with Gasteiger partial charge in [0.05, 0.1) is 18.8 Å². The lowest BCUT2D eigenvalue weighted by Gasteiger charge is -2.07. The van der Waals surface area contributed by atoms with E-state index in [1.807, 2.05) is 0 Å². The van der Waals surface area contributed by atoms with Gasteiger partial charge in [-0.05, 0) is 26.8 Å². The van der Waals surface area contributed by atoms with E-state index in [0.29, 0.717) is 5.56 Å². The van der Waals surface area contributed by atoms with Crippen molar-refractivity contribution in [1.82, 2.24) is 4.98 Å². The summed E-state index contributed by atoms with van der Waals surface area (Å²) in [7, 11) is 0. The lowest BCUT2D eigenvalue weighted by Crippen LogP contribution is -2.16. The van der Waals surface area contributed by atoms with Crippen molar-refractivity contribution in [2.75, 3.05) is 13.2 Å². The maximum Gasteiger partial charge on any atom is 0.357 e. The third kappa shape index (κ3) is 3.81. The monoisotopic (exact) mass is 261 g/mol. The summed E-state index contributed by atoms with van der Waals surface area (Å²) in [6.07, 6.45) is 1.42. The summed E-state index contributed by atoms with van der Waals surface area (Å²) >= 11 is 0. The molecule has 0 atom stereocenters. The third-order valence-corrected chi connectivity index (χ3v) is 2.12. The fourth-order valence-corrected chi connectivity index (χ4v) is 1.40. The number of rotatable bonds is 4. The maximum atomic E-state index is 11.8. The van der Waals surface area contributed by atoms with E-state index in [2.05, 4.69) is 16.8 Å². The van der Waals surface area contributed by atoms with Gasteiger partial charge in [-0.1, -0.05) is 5.92 Å². The summed E-state index contributed by atoms with van der Waals surface area (Å²) in [5, 5.41) is 0. The summed E-state index contributed by atoms with van der Waals surface area (Å²) < 4.78 is 9.75. The maximum absolute atomic E-state index is 11.8. The third-order valence-electron chi connectivity index (χ3n) is 2.12. The molecule has 0 aliphatic rings. The molecule has 0 unspecified atom stereocenters. The molecule has 1 heterocycles. The Labute approximate surface area is 111 Å². The van der Waals surface area contributed by atoms with Gasteiger partial charge in [-0.25, -0.2) is 14.6 Å². The highest BCUT2D eigenvalue weighted by atomic mass is 16.5. The highest BCUT2D eigenvalue weighted by molar-refractivity contribution is 6.01. The summed E-state index contributed by atoms with van der Waals surface area (Å²) in [6.45, 7) is 5.46. The number of aromatic nitrogens is 1. The smallest absolute Gasteiger partial charge is 0.357 e. The fourth-order valence-electron chi connectivity index (χ4n) is 1.40. The van der Waals surface area contributed by atoms with Crippen LogP contribution in [0.25, 0.3) is 0 Å². The average Bonchev–Trinajstić information content (AvgIpc) is 2.39. The summed E-state index contributed by atoms with van der Waals surface area (Å²) in [5.41, 5.74) is 0.557. The van der Waals surface area contributed by atoms with Crippen molar-refractivity contribution < 1.29 is 19.1 Å². The van der Waals surface area contributed by atoms with Gasteiger partial charge in [0.1, 0.15) is 0 Å². The second-order valence-corrected chi connectivity index (χ2v) is 3.44. The predicted molar refractivity (Wildman–Crippen MR) is 68.7 cm³/mol. The Balaban J connectivity index is 3.24. The first-order chi connectivity index (χ1) is 9.13. The van der Waals surface area contributed by atoms with Crippen LogP contribution in [-0.4, -0.2) is 30.1 Å². The van der Waals surface area contributed by atoms with Crippen LogP contribution < -0.4 is 0 Å². The van der Waals surface area contributed by atoms with Gasteiger partial charge in [0.2, 0.25) is 0 Å². The van der Waals surface area contributed by atoms with Crippen LogP contribution in [0.5, 0.6) is 0 Å². The van der Waals surface area contributed by atoms with E-state index < -0.39 is 11.9 Å². The number of hydrogen-bond donors (Lipinski definition) is 0. The van der Waals surface area contributed by atoms with Crippen LogP contribution >= 0.6 is 0 Å². The van der Waals surface area contributed by atoms with Crippen molar-refractivity contribution in [3.05, 3.63) is 29.1 Å². The minimum Gasteiger partial charge on any atom is -0.462 e. The molecular formula is C14H15NO4. The predicted octanol–water partition coefficient (Wildman–Crippen LogP) is 1.81. The topological polar surface area (TPSA) is 65.5 Å². The number of nitrogens with zero attached hydrogens (tertiary/aromatic N) is 1. The molecule has 1 aromatic heterocycles. The highest BCUT2D eigenvalue weighted by Gasteiger charge is 2.21. The molecule has 0 saturated heterocycles. The van der Waals surface area contributed by atoms with E-state index in [1.54, 1.807) is 20.8 Å². The number of hydrogen-bond acceptors (Lipinski definition) is 5. The minimum atomic E-state index is -0.651. The molecular weight excluding hydrogens is 246 g/mol. The molecule has 1 aromatic rings. The zero-order chi connectivity index (χ0) is 14.3. The van der Waals surface area contributed by atoms with Crippen LogP contribution in [0.3, 0.4) is 0 Å². The number of ether oxygens (including phenoxy) is 2. The molecule has 0 amide bonds. The summed E-state index contributed by atoms with van der Waals surface area (Å²) in [6, 6.07) is 1.48. The van der Waals surface area contributed by atoms with Gasteiger partial charge < -0.3 is 9.47 Å². The zero-order valence-corrected chi connectivity index (χ0v) is 11.1. The first-order valence-corrected chi connectivity index (χ1v) is 5.91. The Bertz CT molecular complexity index is 540. The molecule has 0 radical (unpaired) electrons. The molecule has 5 nitrogen and oxygen atoms in total. The Morgan fingerprint density at radius 3 is 2.42 bits per heavy atom.